The molecule has 0 fully saturated rings. The summed E-state index contributed by atoms with van der Waals surface area (Å²) >= 11 is 7.06. The van der Waals surface area contributed by atoms with Gasteiger partial charge < -0.3 is 5.32 Å². The summed E-state index contributed by atoms with van der Waals surface area (Å²) in [5, 5.41) is 3.21. The van der Waals surface area contributed by atoms with Crippen molar-refractivity contribution in [2.75, 3.05) is 12.3 Å². The molecule has 0 aliphatic rings. The van der Waals surface area contributed by atoms with Gasteiger partial charge in [-0.1, -0.05) is 31.0 Å². The fourth-order valence-electron chi connectivity index (χ4n) is 1.35. The second kappa shape index (κ2) is 8.38. The minimum atomic E-state index is -0.318. The van der Waals surface area contributed by atoms with E-state index in [1.165, 1.54) is 17.8 Å². The molecule has 2 nitrogen and oxygen atoms in total. The smallest absolute Gasteiger partial charge is 0.230 e. The zero-order valence-electron chi connectivity index (χ0n) is 10.3. The zero-order valence-corrected chi connectivity index (χ0v) is 11.9. The molecule has 1 aromatic carbocycles. The van der Waals surface area contributed by atoms with Gasteiger partial charge in [0.2, 0.25) is 5.91 Å². The van der Waals surface area contributed by atoms with Crippen LogP contribution in [-0.2, 0) is 10.5 Å². The highest BCUT2D eigenvalue weighted by Crippen LogP contribution is 2.19. The molecule has 1 amide bonds. The first-order chi connectivity index (χ1) is 8.63. The Balaban J connectivity index is 2.26. The van der Waals surface area contributed by atoms with Crippen LogP contribution < -0.4 is 5.32 Å². The van der Waals surface area contributed by atoms with Gasteiger partial charge in [-0.2, -0.15) is 0 Å². The Morgan fingerprint density at radius 1 is 1.50 bits per heavy atom. The van der Waals surface area contributed by atoms with Gasteiger partial charge in [0.15, 0.2) is 0 Å². The molecule has 0 aromatic heterocycles. The predicted molar refractivity (Wildman–Crippen MR) is 75.5 cm³/mol. The van der Waals surface area contributed by atoms with Gasteiger partial charge in [-0.25, -0.2) is 4.39 Å². The third kappa shape index (κ3) is 5.74. The van der Waals surface area contributed by atoms with E-state index in [1.54, 1.807) is 12.1 Å². The molecule has 18 heavy (non-hydrogen) atoms. The number of carbonyl (C=O) groups excluding carboxylic acids is 1. The molecule has 0 aliphatic carbocycles. The standard InChI is InChI=1S/C13H17ClFNOS/c1-2-3-6-16-13(17)9-18-8-10-4-5-11(14)7-12(10)15/h4-5,7H,2-3,6,8-9H2,1H3,(H,16,17). The Kier molecular flexibility index (Phi) is 7.13. The fraction of sp³-hybridized carbons (Fsp3) is 0.462. The topological polar surface area (TPSA) is 29.1 Å². The van der Waals surface area contributed by atoms with E-state index in [2.05, 4.69) is 12.2 Å². The van der Waals surface area contributed by atoms with Gasteiger partial charge in [0, 0.05) is 17.3 Å². The molecule has 0 saturated heterocycles. The van der Waals surface area contributed by atoms with Crippen LogP contribution in [0.2, 0.25) is 5.02 Å². The van der Waals surface area contributed by atoms with E-state index in [4.69, 9.17) is 11.6 Å². The second-order valence-electron chi connectivity index (χ2n) is 3.93. The molecule has 0 bridgehead atoms. The number of amides is 1. The van der Waals surface area contributed by atoms with Crippen molar-refractivity contribution in [2.24, 2.45) is 0 Å². The maximum atomic E-state index is 13.4. The van der Waals surface area contributed by atoms with Gasteiger partial charge in [0.1, 0.15) is 5.82 Å². The normalized spacial score (nSPS) is 10.4. The minimum Gasteiger partial charge on any atom is -0.355 e. The molecule has 0 atom stereocenters. The third-order valence-corrected chi connectivity index (χ3v) is 3.57. The molecule has 0 unspecified atom stereocenters. The van der Waals surface area contributed by atoms with Gasteiger partial charge >= 0.3 is 0 Å². The summed E-state index contributed by atoms with van der Waals surface area (Å²) in [6, 6.07) is 4.60. The molecule has 1 rings (SSSR count). The first kappa shape index (κ1) is 15.3. The summed E-state index contributed by atoms with van der Waals surface area (Å²) in [6.45, 7) is 2.79. The van der Waals surface area contributed by atoms with Crippen LogP contribution in [-0.4, -0.2) is 18.2 Å². The number of unbranched alkanes of at least 4 members (excludes halogenated alkanes) is 1. The van der Waals surface area contributed by atoms with Crippen LogP contribution in [0.1, 0.15) is 25.3 Å². The Labute approximate surface area is 116 Å². The van der Waals surface area contributed by atoms with E-state index >= 15 is 0 Å². The molecule has 1 N–H and O–H groups in total. The van der Waals surface area contributed by atoms with Crippen LogP contribution in [0.4, 0.5) is 4.39 Å². The highest BCUT2D eigenvalue weighted by Gasteiger charge is 2.05. The van der Waals surface area contributed by atoms with Crippen LogP contribution in [0.3, 0.4) is 0 Å². The van der Waals surface area contributed by atoms with Crippen molar-refractivity contribution in [1.82, 2.24) is 5.32 Å². The lowest BCUT2D eigenvalue weighted by atomic mass is 10.2. The molecule has 100 valence electrons. The molecule has 5 heteroatoms. The van der Waals surface area contributed by atoms with E-state index in [0.29, 0.717) is 28.6 Å². The molecule has 1 aromatic rings. The summed E-state index contributed by atoms with van der Waals surface area (Å²) < 4.78 is 13.4. The molecular weight excluding hydrogens is 273 g/mol. The largest absolute Gasteiger partial charge is 0.355 e. The van der Waals surface area contributed by atoms with Crippen LogP contribution in [0.5, 0.6) is 0 Å². The molecule has 0 radical (unpaired) electrons. The molecular formula is C13H17ClFNOS. The zero-order chi connectivity index (χ0) is 13.4. The summed E-state index contributed by atoms with van der Waals surface area (Å²) in [6.07, 6.45) is 2.05. The third-order valence-electron chi connectivity index (χ3n) is 2.36. The monoisotopic (exact) mass is 289 g/mol. The van der Waals surface area contributed by atoms with Crippen LogP contribution in [0.25, 0.3) is 0 Å². The van der Waals surface area contributed by atoms with E-state index in [1.807, 2.05) is 0 Å². The maximum absolute atomic E-state index is 13.4. The molecule has 0 heterocycles. The Hall–Kier alpha value is -0.740. The van der Waals surface area contributed by atoms with Crippen molar-refractivity contribution < 1.29 is 9.18 Å². The van der Waals surface area contributed by atoms with E-state index in [-0.39, 0.29) is 11.7 Å². The lowest BCUT2D eigenvalue weighted by Gasteiger charge is -2.05. The van der Waals surface area contributed by atoms with Crippen LogP contribution in [0.15, 0.2) is 18.2 Å². The SMILES string of the molecule is CCCCNC(=O)CSCc1ccc(Cl)cc1F. The van der Waals surface area contributed by atoms with Gasteiger partial charge in [0.25, 0.3) is 0 Å². The van der Waals surface area contributed by atoms with Crippen molar-refractivity contribution in [1.29, 1.82) is 0 Å². The Morgan fingerprint density at radius 3 is 2.94 bits per heavy atom. The minimum absolute atomic E-state index is 0.00261. The lowest BCUT2D eigenvalue weighted by Crippen LogP contribution is -2.26. The van der Waals surface area contributed by atoms with Gasteiger partial charge in [-0.15, -0.1) is 11.8 Å². The number of thioether (sulfide) groups is 1. The Bertz CT molecular complexity index is 401. The molecule has 0 saturated carbocycles. The highest BCUT2D eigenvalue weighted by molar-refractivity contribution is 7.99. The molecule has 0 aliphatic heterocycles. The molecule has 0 spiro atoms. The van der Waals surface area contributed by atoms with Crippen LogP contribution >= 0.6 is 23.4 Å². The average molecular weight is 290 g/mol. The average Bonchev–Trinajstić information content (AvgIpc) is 2.32. The van der Waals surface area contributed by atoms with Gasteiger partial charge in [-0.05, 0) is 24.1 Å². The number of benzene rings is 1. The fourth-order valence-corrected chi connectivity index (χ4v) is 2.35. The van der Waals surface area contributed by atoms with Crippen molar-refractivity contribution in [3.05, 3.63) is 34.6 Å². The van der Waals surface area contributed by atoms with Crippen molar-refractivity contribution in [3.8, 4) is 0 Å². The first-order valence-electron chi connectivity index (χ1n) is 5.92. The highest BCUT2D eigenvalue weighted by atomic mass is 35.5. The summed E-state index contributed by atoms with van der Waals surface area (Å²) in [4.78, 5) is 11.4. The van der Waals surface area contributed by atoms with E-state index in [9.17, 15) is 9.18 Å². The first-order valence-corrected chi connectivity index (χ1v) is 7.45. The number of nitrogens with one attached hydrogen (secondary N) is 1. The predicted octanol–water partition coefficient (Wildman–Crippen LogP) is 3.63. The summed E-state index contributed by atoms with van der Waals surface area (Å²) in [5.74, 6) is 0.514. The van der Waals surface area contributed by atoms with Gasteiger partial charge in [-0.3, -0.25) is 4.79 Å². The summed E-state index contributed by atoms with van der Waals surface area (Å²) in [7, 11) is 0. The van der Waals surface area contributed by atoms with Crippen molar-refractivity contribution in [2.45, 2.75) is 25.5 Å². The number of hydrogen-bond donors (Lipinski definition) is 1. The van der Waals surface area contributed by atoms with E-state index in [0.717, 1.165) is 12.8 Å². The van der Waals surface area contributed by atoms with Crippen molar-refractivity contribution >= 4 is 29.3 Å². The Morgan fingerprint density at radius 2 is 2.28 bits per heavy atom. The number of carbonyl (C=O) groups is 1. The lowest BCUT2D eigenvalue weighted by molar-refractivity contribution is -0.118. The number of hydrogen-bond acceptors (Lipinski definition) is 2. The second-order valence-corrected chi connectivity index (χ2v) is 5.35. The van der Waals surface area contributed by atoms with E-state index < -0.39 is 0 Å². The number of halogens is 2. The summed E-state index contributed by atoms with van der Waals surface area (Å²) in [5.41, 5.74) is 0.575. The van der Waals surface area contributed by atoms with Gasteiger partial charge in [0.05, 0.1) is 5.75 Å². The maximum Gasteiger partial charge on any atom is 0.230 e. The number of rotatable bonds is 7. The van der Waals surface area contributed by atoms with Crippen LogP contribution in [0, 0.1) is 5.82 Å². The van der Waals surface area contributed by atoms with Crippen molar-refractivity contribution in [3.63, 3.8) is 0 Å². The quantitative estimate of drug-likeness (QED) is 0.777.